The van der Waals surface area contributed by atoms with E-state index >= 15 is 0 Å². The fourth-order valence-electron chi connectivity index (χ4n) is 2.85. The van der Waals surface area contributed by atoms with Gasteiger partial charge in [0.15, 0.2) is 0 Å². The first-order chi connectivity index (χ1) is 7.76. The van der Waals surface area contributed by atoms with Gasteiger partial charge in [0.1, 0.15) is 0 Å². The lowest BCUT2D eigenvalue weighted by molar-refractivity contribution is -0.104. The Kier molecular flexibility index (Phi) is 4.89. The summed E-state index contributed by atoms with van der Waals surface area (Å²) in [5.41, 5.74) is 6.47. The van der Waals surface area contributed by atoms with Gasteiger partial charge in [-0.05, 0) is 49.4 Å². The van der Waals surface area contributed by atoms with Crippen molar-refractivity contribution in [2.24, 2.45) is 11.7 Å². The molecule has 0 radical (unpaired) electrons. The molecular formula is C12H23NOS2. The highest BCUT2D eigenvalue weighted by atomic mass is 32.2. The van der Waals surface area contributed by atoms with Crippen LogP contribution in [-0.4, -0.2) is 41.8 Å². The van der Waals surface area contributed by atoms with Crippen molar-refractivity contribution in [3.8, 4) is 0 Å². The second-order valence-corrected chi connectivity index (χ2v) is 7.15. The number of thioether (sulfide) groups is 2. The smallest absolute Gasteiger partial charge is 0.0701 e. The van der Waals surface area contributed by atoms with Crippen LogP contribution in [0.3, 0.4) is 0 Å². The highest BCUT2D eigenvalue weighted by Gasteiger charge is 2.40. The first kappa shape index (κ1) is 13.1. The SMILES string of the molecule is CSCC(N)C1CCOC2(CCSCC2)C1. The Morgan fingerprint density at radius 1 is 1.50 bits per heavy atom. The minimum absolute atomic E-state index is 0.199. The van der Waals surface area contributed by atoms with Gasteiger partial charge in [-0.3, -0.25) is 0 Å². The number of ether oxygens (including phenoxy) is 1. The molecule has 94 valence electrons. The van der Waals surface area contributed by atoms with E-state index in [9.17, 15) is 0 Å². The summed E-state index contributed by atoms with van der Waals surface area (Å²) in [6.45, 7) is 0.928. The highest BCUT2D eigenvalue weighted by molar-refractivity contribution is 7.99. The molecule has 2 nitrogen and oxygen atoms in total. The number of rotatable bonds is 3. The second kappa shape index (κ2) is 5.98. The first-order valence-electron chi connectivity index (χ1n) is 6.22. The average molecular weight is 261 g/mol. The van der Waals surface area contributed by atoms with Crippen LogP contribution < -0.4 is 5.73 Å². The maximum Gasteiger partial charge on any atom is 0.0701 e. The maximum absolute atomic E-state index is 6.27. The summed E-state index contributed by atoms with van der Waals surface area (Å²) in [7, 11) is 0. The number of hydrogen-bond acceptors (Lipinski definition) is 4. The second-order valence-electron chi connectivity index (χ2n) is 5.02. The van der Waals surface area contributed by atoms with Gasteiger partial charge < -0.3 is 10.5 Å². The normalized spacial score (nSPS) is 31.5. The van der Waals surface area contributed by atoms with Gasteiger partial charge >= 0.3 is 0 Å². The Morgan fingerprint density at radius 2 is 2.25 bits per heavy atom. The van der Waals surface area contributed by atoms with Crippen molar-refractivity contribution in [2.45, 2.75) is 37.3 Å². The molecule has 2 rings (SSSR count). The van der Waals surface area contributed by atoms with Gasteiger partial charge in [0, 0.05) is 18.4 Å². The van der Waals surface area contributed by atoms with Crippen LogP contribution >= 0.6 is 23.5 Å². The first-order valence-corrected chi connectivity index (χ1v) is 8.77. The molecule has 2 heterocycles. The van der Waals surface area contributed by atoms with E-state index < -0.39 is 0 Å². The fraction of sp³-hybridized carbons (Fsp3) is 1.00. The third-order valence-corrected chi connectivity index (χ3v) is 5.60. The predicted molar refractivity (Wildman–Crippen MR) is 74.3 cm³/mol. The Hall–Kier alpha value is 0.620. The van der Waals surface area contributed by atoms with Gasteiger partial charge in [-0.15, -0.1) is 0 Å². The van der Waals surface area contributed by atoms with Crippen molar-refractivity contribution in [3.05, 3.63) is 0 Å². The largest absolute Gasteiger partial charge is 0.375 e. The molecular weight excluding hydrogens is 238 g/mol. The minimum atomic E-state index is 0.199. The van der Waals surface area contributed by atoms with E-state index in [0.29, 0.717) is 12.0 Å². The standard InChI is InChI=1S/C12H23NOS2/c1-15-9-11(13)10-2-5-14-12(8-10)3-6-16-7-4-12/h10-11H,2-9,13H2,1H3. The van der Waals surface area contributed by atoms with Crippen molar-refractivity contribution in [1.29, 1.82) is 0 Å². The summed E-state index contributed by atoms with van der Waals surface area (Å²) in [6.07, 6.45) is 6.98. The molecule has 2 fully saturated rings. The van der Waals surface area contributed by atoms with E-state index in [-0.39, 0.29) is 5.60 Å². The zero-order chi connectivity index (χ0) is 11.4. The summed E-state index contributed by atoms with van der Waals surface area (Å²) in [6, 6.07) is 0.366. The van der Waals surface area contributed by atoms with Crippen molar-refractivity contribution in [2.75, 3.05) is 30.1 Å². The Balaban J connectivity index is 1.92. The molecule has 2 saturated heterocycles. The van der Waals surface area contributed by atoms with Crippen LogP contribution in [0.2, 0.25) is 0 Å². The van der Waals surface area contributed by atoms with Gasteiger partial charge in [-0.2, -0.15) is 23.5 Å². The third-order valence-electron chi connectivity index (χ3n) is 3.90. The number of nitrogens with two attached hydrogens (primary N) is 1. The van der Waals surface area contributed by atoms with Crippen molar-refractivity contribution in [3.63, 3.8) is 0 Å². The Morgan fingerprint density at radius 3 is 2.94 bits per heavy atom. The van der Waals surface area contributed by atoms with Gasteiger partial charge in [-0.25, -0.2) is 0 Å². The third kappa shape index (κ3) is 3.09. The molecule has 2 unspecified atom stereocenters. The molecule has 0 aliphatic carbocycles. The molecule has 2 aliphatic rings. The molecule has 0 bridgehead atoms. The van der Waals surface area contributed by atoms with Gasteiger partial charge in [0.05, 0.1) is 5.60 Å². The molecule has 0 aromatic carbocycles. The minimum Gasteiger partial charge on any atom is -0.375 e. The molecule has 0 aromatic heterocycles. The van der Waals surface area contributed by atoms with Crippen LogP contribution in [-0.2, 0) is 4.74 Å². The molecule has 4 heteroatoms. The summed E-state index contributed by atoms with van der Waals surface area (Å²) in [5.74, 6) is 4.31. The van der Waals surface area contributed by atoms with Crippen LogP contribution in [0, 0.1) is 5.92 Å². The van der Waals surface area contributed by atoms with E-state index in [2.05, 4.69) is 18.0 Å². The lowest BCUT2D eigenvalue weighted by atomic mass is 9.79. The molecule has 16 heavy (non-hydrogen) atoms. The van der Waals surface area contributed by atoms with Crippen LogP contribution in [0.25, 0.3) is 0 Å². The molecule has 1 spiro atoms. The summed E-state index contributed by atoms with van der Waals surface area (Å²) in [4.78, 5) is 0. The van der Waals surface area contributed by atoms with Gasteiger partial charge in [0.2, 0.25) is 0 Å². The molecule has 2 N–H and O–H groups in total. The highest BCUT2D eigenvalue weighted by Crippen LogP contribution is 2.40. The lowest BCUT2D eigenvalue weighted by Gasteiger charge is -2.44. The Bertz CT molecular complexity index is 214. The summed E-state index contributed by atoms with van der Waals surface area (Å²) >= 11 is 3.94. The van der Waals surface area contributed by atoms with Gasteiger partial charge in [0.25, 0.3) is 0 Å². The average Bonchev–Trinajstić information content (AvgIpc) is 2.30. The monoisotopic (exact) mass is 261 g/mol. The lowest BCUT2D eigenvalue weighted by Crippen LogP contribution is -2.47. The Labute approximate surface area is 107 Å². The van der Waals surface area contributed by atoms with Crippen molar-refractivity contribution < 1.29 is 4.74 Å². The van der Waals surface area contributed by atoms with Crippen LogP contribution in [0.15, 0.2) is 0 Å². The maximum atomic E-state index is 6.27. The van der Waals surface area contributed by atoms with E-state index in [1.165, 1.54) is 30.8 Å². The molecule has 0 amide bonds. The predicted octanol–water partition coefficient (Wildman–Crippen LogP) is 2.37. The molecule has 2 atom stereocenters. The topological polar surface area (TPSA) is 35.2 Å². The van der Waals surface area contributed by atoms with Gasteiger partial charge in [-0.1, -0.05) is 0 Å². The fourth-order valence-corrected chi connectivity index (χ4v) is 4.75. The zero-order valence-corrected chi connectivity index (χ0v) is 11.7. The molecule has 0 saturated carbocycles. The van der Waals surface area contributed by atoms with E-state index in [1.807, 2.05) is 11.8 Å². The molecule has 2 aliphatic heterocycles. The van der Waals surface area contributed by atoms with Crippen molar-refractivity contribution >= 4 is 23.5 Å². The quantitative estimate of drug-likeness (QED) is 0.846. The van der Waals surface area contributed by atoms with E-state index in [1.54, 1.807) is 0 Å². The van der Waals surface area contributed by atoms with E-state index in [0.717, 1.165) is 18.8 Å². The molecule has 0 aromatic rings. The van der Waals surface area contributed by atoms with Crippen LogP contribution in [0.1, 0.15) is 25.7 Å². The zero-order valence-electron chi connectivity index (χ0n) is 10.1. The van der Waals surface area contributed by atoms with Crippen LogP contribution in [0.4, 0.5) is 0 Å². The van der Waals surface area contributed by atoms with Crippen molar-refractivity contribution in [1.82, 2.24) is 0 Å². The number of hydrogen-bond donors (Lipinski definition) is 1. The summed E-state index contributed by atoms with van der Waals surface area (Å²) < 4.78 is 6.09. The van der Waals surface area contributed by atoms with E-state index in [4.69, 9.17) is 10.5 Å². The van der Waals surface area contributed by atoms with Crippen LogP contribution in [0.5, 0.6) is 0 Å². The summed E-state index contributed by atoms with van der Waals surface area (Å²) in [5, 5.41) is 0.